The van der Waals surface area contributed by atoms with Crippen LogP contribution in [-0.4, -0.2) is 16.4 Å². The number of hydrogen-bond donors (Lipinski definition) is 0. The molecule has 3 nitrogen and oxygen atoms in total. The summed E-state index contributed by atoms with van der Waals surface area (Å²) in [5.74, 6) is 0.926. The summed E-state index contributed by atoms with van der Waals surface area (Å²) >= 11 is 1.70. The van der Waals surface area contributed by atoms with E-state index >= 15 is 0 Å². The molecule has 0 N–H and O–H groups in total. The maximum absolute atomic E-state index is 5.62. The fraction of sp³-hybridized carbons (Fsp3) is 0.300. The van der Waals surface area contributed by atoms with Crippen LogP contribution in [0.4, 0.5) is 0 Å². The molecule has 2 aromatic heterocycles. The Bertz CT molecular complexity index is 433. The van der Waals surface area contributed by atoms with Crippen LogP contribution in [0.25, 0.3) is 11.1 Å². The topological polar surface area (TPSA) is 27.1 Å². The van der Waals surface area contributed by atoms with Crippen LogP contribution in [0.15, 0.2) is 23.0 Å². The van der Waals surface area contributed by atoms with Gasteiger partial charge in [0, 0.05) is 13.0 Å². The number of ether oxygens (including phenoxy) is 1. The molecule has 0 aromatic carbocycles. The van der Waals surface area contributed by atoms with Gasteiger partial charge in [-0.1, -0.05) is 0 Å². The van der Waals surface area contributed by atoms with Crippen LogP contribution in [0.2, 0.25) is 0 Å². The molecule has 72 valence electrons. The third-order valence-electron chi connectivity index (χ3n) is 2.38. The lowest BCUT2D eigenvalue weighted by Crippen LogP contribution is -2.14. The van der Waals surface area contributed by atoms with Crippen LogP contribution in [-0.2, 0) is 6.54 Å². The second-order valence-electron chi connectivity index (χ2n) is 3.30. The first-order valence-electron chi connectivity index (χ1n) is 4.66. The standard InChI is InChI=1S/C10H10N2OS/c1-3-12-10(13-4-1)9(6-11-12)8-2-5-14-7-8/h2,5-7H,1,3-4H2. The molecule has 1 aliphatic rings. The van der Waals surface area contributed by atoms with E-state index in [0.29, 0.717) is 0 Å². The first-order chi connectivity index (χ1) is 6.95. The molecule has 0 saturated heterocycles. The van der Waals surface area contributed by atoms with Crippen LogP contribution in [0.5, 0.6) is 5.88 Å². The predicted molar refractivity (Wildman–Crippen MR) is 55.7 cm³/mol. The largest absolute Gasteiger partial charge is 0.477 e. The fourth-order valence-corrected chi connectivity index (χ4v) is 2.34. The van der Waals surface area contributed by atoms with E-state index in [1.807, 2.05) is 10.9 Å². The zero-order chi connectivity index (χ0) is 9.38. The molecular weight excluding hydrogens is 196 g/mol. The summed E-state index contributed by atoms with van der Waals surface area (Å²) in [6.07, 6.45) is 2.94. The Morgan fingerprint density at radius 2 is 2.50 bits per heavy atom. The molecule has 0 fully saturated rings. The van der Waals surface area contributed by atoms with Gasteiger partial charge in [-0.05, 0) is 22.4 Å². The van der Waals surface area contributed by atoms with Crippen molar-refractivity contribution in [3.63, 3.8) is 0 Å². The van der Waals surface area contributed by atoms with Gasteiger partial charge in [0.15, 0.2) is 0 Å². The van der Waals surface area contributed by atoms with E-state index in [-0.39, 0.29) is 0 Å². The monoisotopic (exact) mass is 206 g/mol. The molecule has 1 aliphatic heterocycles. The summed E-state index contributed by atoms with van der Waals surface area (Å²) < 4.78 is 7.56. The second kappa shape index (κ2) is 3.13. The minimum Gasteiger partial charge on any atom is -0.477 e. The Labute approximate surface area is 85.9 Å². The summed E-state index contributed by atoms with van der Waals surface area (Å²) in [5, 5.41) is 8.50. The van der Waals surface area contributed by atoms with E-state index in [0.717, 1.165) is 31.0 Å². The predicted octanol–water partition coefficient (Wildman–Crippen LogP) is 2.39. The molecule has 0 radical (unpaired) electrons. The number of aryl methyl sites for hydroxylation is 1. The van der Waals surface area contributed by atoms with Gasteiger partial charge in [0.05, 0.1) is 18.4 Å². The summed E-state index contributed by atoms with van der Waals surface area (Å²) in [5.41, 5.74) is 2.32. The summed E-state index contributed by atoms with van der Waals surface area (Å²) in [7, 11) is 0. The molecule has 0 atom stereocenters. The van der Waals surface area contributed by atoms with Gasteiger partial charge < -0.3 is 4.74 Å². The van der Waals surface area contributed by atoms with Crippen molar-refractivity contribution in [2.45, 2.75) is 13.0 Å². The number of aromatic nitrogens is 2. The molecule has 2 aromatic rings. The average molecular weight is 206 g/mol. The number of nitrogens with zero attached hydrogens (tertiary/aromatic N) is 2. The van der Waals surface area contributed by atoms with Crippen LogP contribution in [0, 0.1) is 0 Å². The summed E-state index contributed by atoms with van der Waals surface area (Å²) in [4.78, 5) is 0. The van der Waals surface area contributed by atoms with Crippen LogP contribution in [0.3, 0.4) is 0 Å². The van der Waals surface area contributed by atoms with Gasteiger partial charge in [-0.2, -0.15) is 16.4 Å². The molecule has 0 saturated carbocycles. The van der Waals surface area contributed by atoms with E-state index in [1.54, 1.807) is 11.3 Å². The van der Waals surface area contributed by atoms with E-state index in [1.165, 1.54) is 5.56 Å². The zero-order valence-corrected chi connectivity index (χ0v) is 8.46. The Morgan fingerprint density at radius 1 is 1.50 bits per heavy atom. The Kier molecular flexibility index (Phi) is 1.80. The van der Waals surface area contributed by atoms with E-state index in [9.17, 15) is 0 Å². The highest BCUT2D eigenvalue weighted by Crippen LogP contribution is 2.32. The highest BCUT2D eigenvalue weighted by Gasteiger charge is 2.17. The molecule has 0 unspecified atom stereocenters. The molecule has 0 spiro atoms. The molecular formula is C10H10N2OS. The summed E-state index contributed by atoms with van der Waals surface area (Å²) in [6, 6.07) is 2.10. The van der Waals surface area contributed by atoms with Crippen LogP contribution >= 0.6 is 11.3 Å². The van der Waals surface area contributed by atoms with Crippen molar-refractivity contribution in [1.82, 2.24) is 9.78 Å². The van der Waals surface area contributed by atoms with Gasteiger partial charge in [0.1, 0.15) is 0 Å². The molecule has 3 rings (SSSR count). The quantitative estimate of drug-likeness (QED) is 0.716. The van der Waals surface area contributed by atoms with Crippen molar-refractivity contribution < 1.29 is 4.74 Å². The van der Waals surface area contributed by atoms with Crippen molar-refractivity contribution in [3.8, 4) is 17.0 Å². The van der Waals surface area contributed by atoms with E-state index in [2.05, 4.69) is 21.9 Å². The number of thiophene rings is 1. The normalized spacial score (nSPS) is 14.9. The van der Waals surface area contributed by atoms with Crippen LogP contribution < -0.4 is 4.74 Å². The van der Waals surface area contributed by atoms with Gasteiger partial charge in [0.2, 0.25) is 5.88 Å². The van der Waals surface area contributed by atoms with Crippen LogP contribution in [0.1, 0.15) is 6.42 Å². The minimum atomic E-state index is 0.808. The lowest BCUT2D eigenvalue weighted by Gasteiger charge is -2.15. The van der Waals surface area contributed by atoms with Gasteiger partial charge in [0.25, 0.3) is 0 Å². The second-order valence-corrected chi connectivity index (χ2v) is 4.08. The third-order valence-corrected chi connectivity index (χ3v) is 3.06. The maximum Gasteiger partial charge on any atom is 0.219 e. The Hall–Kier alpha value is -1.29. The zero-order valence-electron chi connectivity index (χ0n) is 7.64. The highest BCUT2D eigenvalue weighted by atomic mass is 32.1. The van der Waals surface area contributed by atoms with Gasteiger partial charge in [-0.15, -0.1) is 0 Å². The van der Waals surface area contributed by atoms with E-state index in [4.69, 9.17) is 4.74 Å². The van der Waals surface area contributed by atoms with Crippen molar-refractivity contribution in [2.24, 2.45) is 0 Å². The smallest absolute Gasteiger partial charge is 0.219 e. The lowest BCUT2D eigenvalue weighted by molar-refractivity contribution is 0.231. The van der Waals surface area contributed by atoms with Crippen molar-refractivity contribution >= 4 is 11.3 Å². The maximum atomic E-state index is 5.62. The lowest BCUT2D eigenvalue weighted by atomic mass is 10.2. The first kappa shape index (κ1) is 8.05. The number of hydrogen-bond acceptors (Lipinski definition) is 3. The third kappa shape index (κ3) is 1.14. The SMILES string of the molecule is c1cc(-c2cnn3c2OCCC3)cs1. The molecule has 0 amide bonds. The van der Waals surface area contributed by atoms with Crippen molar-refractivity contribution in [2.75, 3.05) is 6.61 Å². The van der Waals surface area contributed by atoms with Gasteiger partial charge >= 0.3 is 0 Å². The van der Waals surface area contributed by atoms with Crippen molar-refractivity contribution in [3.05, 3.63) is 23.0 Å². The highest BCUT2D eigenvalue weighted by molar-refractivity contribution is 7.08. The van der Waals surface area contributed by atoms with Crippen molar-refractivity contribution in [1.29, 1.82) is 0 Å². The van der Waals surface area contributed by atoms with Gasteiger partial charge in [-0.25, -0.2) is 4.68 Å². The molecule has 4 heteroatoms. The fourth-order valence-electron chi connectivity index (χ4n) is 1.68. The van der Waals surface area contributed by atoms with E-state index < -0.39 is 0 Å². The minimum absolute atomic E-state index is 0.808. The first-order valence-corrected chi connectivity index (χ1v) is 5.60. The molecule has 0 bridgehead atoms. The summed E-state index contributed by atoms with van der Waals surface area (Å²) in [6.45, 7) is 1.78. The molecule has 0 aliphatic carbocycles. The Balaban J connectivity index is 2.11. The molecule has 3 heterocycles. The number of rotatable bonds is 1. The van der Waals surface area contributed by atoms with Gasteiger partial charge in [-0.3, -0.25) is 0 Å². The Morgan fingerprint density at radius 3 is 3.36 bits per heavy atom. The average Bonchev–Trinajstić information content (AvgIpc) is 2.85. The molecule has 14 heavy (non-hydrogen) atoms. The number of fused-ring (bicyclic) bond motifs is 1.